The Kier molecular flexibility index (Phi) is 7.77. The number of nitrogens with one attached hydrogen (secondary N) is 2. The minimum Gasteiger partial charge on any atom is -0.497 e. The lowest BCUT2D eigenvalue weighted by molar-refractivity contribution is 0.0956. The van der Waals surface area contributed by atoms with Gasteiger partial charge in [-0.15, -0.1) is 0 Å². The van der Waals surface area contributed by atoms with Gasteiger partial charge in [0, 0.05) is 34.0 Å². The molecule has 1 amide bonds. The van der Waals surface area contributed by atoms with Gasteiger partial charge in [-0.25, -0.2) is 4.98 Å². The van der Waals surface area contributed by atoms with Crippen molar-refractivity contribution in [3.8, 4) is 34.0 Å². The van der Waals surface area contributed by atoms with E-state index in [4.69, 9.17) is 26.1 Å². The van der Waals surface area contributed by atoms with Crippen LogP contribution in [-0.4, -0.2) is 42.4 Å². The summed E-state index contributed by atoms with van der Waals surface area (Å²) in [6.45, 7) is 0.503. The van der Waals surface area contributed by atoms with Crippen molar-refractivity contribution in [2.45, 2.75) is 5.16 Å². The van der Waals surface area contributed by atoms with Gasteiger partial charge < -0.3 is 19.8 Å². The van der Waals surface area contributed by atoms with Gasteiger partial charge in [0.2, 0.25) is 0 Å². The Hall–Kier alpha value is -3.42. The Morgan fingerprint density at radius 1 is 0.912 bits per heavy atom. The maximum atomic E-state index is 12.3. The molecule has 0 unspecified atom stereocenters. The summed E-state index contributed by atoms with van der Waals surface area (Å²) in [7, 11) is 3.29. The van der Waals surface area contributed by atoms with Crippen molar-refractivity contribution in [2.75, 3.05) is 26.5 Å². The molecule has 0 saturated carbocycles. The molecule has 0 aliphatic heterocycles. The second-order valence-corrected chi connectivity index (χ2v) is 8.85. The van der Waals surface area contributed by atoms with Crippen LogP contribution < -0.4 is 14.8 Å². The average molecular weight is 494 g/mol. The van der Waals surface area contributed by atoms with Crippen molar-refractivity contribution in [3.63, 3.8) is 0 Å². The molecule has 0 fully saturated rings. The maximum Gasteiger partial charge on any atom is 0.251 e. The molecule has 2 N–H and O–H groups in total. The molecule has 0 aliphatic rings. The minimum absolute atomic E-state index is 0.130. The summed E-state index contributed by atoms with van der Waals surface area (Å²) in [6.07, 6.45) is 0. The Labute approximate surface area is 207 Å². The first-order valence-electron chi connectivity index (χ1n) is 10.6. The standard InChI is InChI=1S/C26H24ClN3O3S/c1-32-21-11-5-17(6-12-21)23-24(18-7-13-22(33-2)14-8-18)30-26(29-23)34-16-15-28-25(31)19-3-9-20(27)10-4-19/h3-14H,15-16H2,1-2H3,(H,28,31)(H,29,30). The SMILES string of the molecule is COc1ccc(-c2nc(SCCNC(=O)c3ccc(Cl)cc3)[nH]c2-c2ccc(OC)cc2)cc1. The van der Waals surface area contributed by atoms with E-state index in [1.54, 1.807) is 50.2 Å². The van der Waals surface area contributed by atoms with Gasteiger partial charge in [0.25, 0.3) is 5.91 Å². The molecule has 8 heteroatoms. The highest BCUT2D eigenvalue weighted by Gasteiger charge is 2.15. The van der Waals surface area contributed by atoms with Gasteiger partial charge in [-0.3, -0.25) is 4.79 Å². The third kappa shape index (κ3) is 5.73. The molecule has 6 nitrogen and oxygen atoms in total. The fraction of sp³-hybridized carbons (Fsp3) is 0.154. The summed E-state index contributed by atoms with van der Waals surface area (Å²) in [5.74, 6) is 2.11. The van der Waals surface area contributed by atoms with Crippen molar-refractivity contribution in [1.29, 1.82) is 0 Å². The molecule has 34 heavy (non-hydrogen) atoms. The van der Waals surface area contributed by atoms with Crippen molar-refractivity contribution in [1.82, 2.24) is 15.3 Å². The summed E-state index contributed by atoms with van der Waals surface area (Å²) < 4.78 is 10.6. The number of carbonyl (C=O) groups is 1. The maximum absolute atomic E-state index is 12.3. The molecule has 0 bridgehead atoms. The fourth-order valence-corrected chi connectivity index (χ4v) is 4.21. The van der Waals surface area contributed by atoms with Crippen LogP contribution in [0.1, 0.15) is 10.4 Å². The smallest absolute Gasteiger partial charge is 0.251 e. The molecule has 0 saturated heterocycles. The first-order valence-corrected chi connectivity index (χ1v) is 12.0. The van der Waals surface area contributed by atoms with Gasteiger partial charge in [-0.1, -0.05) is 23.4 Å². The predicted octanol–water partition coefficient (Wildman–Crippen LogP) is 5.94. The van der Waals surface area contributed by atoms with Crippen LogP contribution >= 0.6 is 23.4 Å². The zero-order chi connectivity index (χ0) is 23.9. The summed E-state index contributed by atoms with van der Waals surface area (Å²) in [5, 5.41) is 4.30. The van der Waals surface area contributed by atoms with Gasteiger partial charge in [-0.2, -0.15) is 0 Å². The number of aromatic amines is 1. The first-order chi connectivity index (χ1) is 16.6. The van der Waals surface area contributed by atoms with Crippen LogP contribution in [-0.2, 0) is 0 Å². The summed E-state index contributed by atoms with van der Waals surface area (Å²) in [6, 6.07) is 22.5. The second-order valence-electron chi connectivity index (χ2n) is 7.33. The summed E-state index contributed by atoms with van der Waals surface area (Å²) >= 11 is 7.43. The lowest BCUT2D eigenvalue weighted by atomic mass is 10.0. The molecule has 0 atom stereocenters. The van der Waals surface area contributed by atoms with Gasteiger partial charge in [0.1, 0.15) is 11.5 Å². The Morgan fingerprint density at radius 3 is 2.09 bits per heavy atom. The van der Waals surface area contributed by atoms with E-state index in [9.17, 15) is 4.79 Å². The van der Waals surface area contributed by atoms with E-state index in [0.29, 0.717) is 22.9 Å². The van der Waals surface area contributed by atoms with E-state index < -0.39 is 0 Å². The van der Waals surface area contributed by atoms with Crippen LogP contribution in [0.15, 0.2) is 78.0 Å². The molecule has 4 rings (SSSR count). The highest BCUT2D eigenvalue weighted by atomic mass is 35.5. The van der Waals surface area contributed by atoms with Crippen LogP contribution in [0, 0.1) is 0 Å². The zero-order valence-electron chi connectivity index (χ0n) is 18.8. The number of hydrogen-bond acceptors (Lipinski definition) is 5. The average Bonchev–Trinajstić information content (AvgIpc) is 3.31. The molecular weight excluding hydrogens is 470 g/mol. The lowest BCUT2D eigenvalue weighted by Gasteiger charge is -2.06. The van der Waals surface area contributed by atoms with Crippen molar-refractivity contribution >= 4 is 29.3 Å². The number of carbonyl (C=O) groups excluding carboxylic acids is 1. The number of aromatic nitrogens is 2. The normalized spacial score (nSPS) is 10.7. The van der Waals surface area contributed by atoms with Crippen molar-refractivity contribution in [3.05, 3.63) is 83.4 Å². The van der Waals surface area contributed by atoms with Crippen molar-refractivity contribution < 1.29 is 14.3 Å². The van der Waals surface area contributed by atoms with E-state index in [0.717, 1.165) is 39.2 Å². The van der Waals surface area contributed by atoms with E-state index >= 15 is 0 Å². The largest absolute Gasteiger partial charge is 0.497 e. The molecule has 0 spiro atoms. The number of benzene rings is 3. The topological polar surface area (TPSA) is 76.2 Å². The fourth-order valence-electron chi connectivity index (χ4n) is 3.36. The van der Waals surface area contributed by atoms with Crippen LogP contribution in [0.5, 0.6) is 11.5 Å². The van der Waals surface area contributed by atoms with Gasteiger partial charge >= 0.3 is 0 Å². The molecule has 0 aliphatic carbocycles. The lowest BCUT2D eigenvalue weighted by Crippen LogP contribution is -2.25. The number of H-pyrrole nitrogens is 1. The molecule has 1 aromatic heterocycles. The summed E-state index contributed by atoms with van der Waals surface area (Å²) in [4.78, 5) is 20.6. The number of methoxy groups -OCH3 is 2. The molecular formula is C26H24ClN3O3S. The minimum atomic E-state index is -0.130. The Morgan fingerprint density at radius 2 is 1.50 bits per heavy atom. The number of rotatable bonds is 9. The van der Waals surface area contributed by atoms with Crippen LogP contribution in [0.2, 0.25) is 5.02 Å². The van der Waals surface area contributed by atoms with E-state index in [1.165, 1.54) is 0 Å². The van der Waals surface area contributed by atoms with Crippen LogP contribution in [0.3, 0.4) is 0 Å². The molecule has 174 valence electrons. The van der Waals surface area contributed by atoms with Crippen molar-refractivity contribution in [2.24, 2.45) is 0 Å². The second kappa shape index (κ2) is 11.1. The number of nitrogens with zero attached hydrogens (tertiary/aromatic N) is 1. The Balaban J connectivity index is 1.48. The predicted molar refractivity (Wildman–Crippen MR) is 137 cm³/mol. The van der Waals surface area contributed by atoms with E-state index in [1.807, 2.05) is 48.5 Å². The van der Waals surface area contributed by atoms with Gasteiger partial charge in [0.15, 0.2) is 5.16 Å². The number of hydrogen-bond donors (Lipinski definition) is 2. The third-order valence-corrected chi connectivity index (χ3v) is 6.28. The van der Waals surface area contributed by atoms with E-state index in [-0.39, 0.29) is 5.91 Å². The highest BCUT2D eigenvalue weighted by molar-refractivity contribution is 7.99. The number of halogens is 1. The zero-order valence-corrected chi connectivity index (χ0v) is 20.4. The quantitative estimate of drug-likeness (QED) is 0.223. The summed E-state index contributed by atoms with van der Waals surface area (Å²) in [5.41, 5.74) is 4.32. The number of imidazole rings is 1. The molecule has 1 heterocycles. The van der Waals surface area contributed by atoms with Gasteiger partial charge in [-0.05, 0) is 72.8 Å². The Bertz CT molecular complexity index is 1180. The number of ether oxygens (including phenoxy) is 2. The monoisotopic (exact) mass is 493 g/mol. The van der Waals surface area contributed by atoms with Crippen LogP contribution in [0.4, 0.5) is 0 Å². The first kappa shape index (κ1) is 23.7. The number of thioether (sulfide) groups is 1. The highest BCUT2D eigenvalue weighted by Crippen LogP contribution is 2.34. The third-order valence-electron chi connectivity index (χ3n) is 5.16. The van der Waals surface area contributed by atoms with Gasteiger partial charge in [0.05, 0.1) is 25.6 Å². The molecule has 4 aromatic rings. The molecule has 0 radical (unpaired) electrons. The number of amides is 1. The molecule has 3 aromatic carbocycles. The van der Waals surface area contributed by atoms with Crippen LogP contribution in [0.25, 0.3) is 22.5 Å². The van der Waals surface area contributed by atoms with E-state index in [2.05, 4.69) is 10.3 Å².